The second-order valence-electron chi connectivity index (χ2n) is 7.71. The zero-order valence-electron chi connectivity index (χ0n) is 21.6. The summed E-state index contributed by atoms with van der Waals surface area (Å²) in [6, 6.07) is 0. The van der Waals surface area contributed by atoms with E-state index >= 15 is 0 Å². The van der Waals surface area contributed by atoms with Gasteiger partial charge in [-0.15, -0.1) is 0 Å². The van der Waals surface area contributed by atoms with Crippen LogP contribution in [-0.2, 0) is 42.6 Å². The van der Waals surface area contributed by atoms with E-state index in [1.165, 1.54) is 13.8 Å². The summed E-state index contributed by atoms with van der Waals surface area (Å²) in [6.07, 6.45) is -3.76. The number of nitrogens with one attached hydrogen (secondary N) is 2. The maximum atomic E-state index is 12.0. The lowest BCUT2D eigenvalue weighted by Crippen LogP contribution is -2.36. The van der Waals surface area contributed by atoms with Crippen LogP contribution in [0.15, 0.2) is 24.3 Å². The summed E-state index contributed by atoms with van der Waals surface area (Å²) in [5, 5.41) is 4.76. The van der Waals surface area contributed by atoms with Gasteiger partial charge < -0.3 is 48.8 Å². The topological polar surface area (TPSA) is 205 Å². The number of carbonyl (C=O) groups is 4. The number of ether oxygens (including phenoxy) is 6. The molecule has 0 rings (SSSR count). The van der Waals surface area contributed by atoms with Crippen molar-refractivity contribution in [2.45, 2.75) is 26.4 Å². The summed E-state index contributed by atoms with van der Waals surface area (Å²) in [5.41, 5.74) is 0.522. The quantitative estimate of drug-likeness (QED) is 0.0524. The third kappa shape index (κ3) is 21.1. The van der Waals surface area contributed by atoms with Gasteiger partial charge in [-0.05, 0) is 20.3 Å². The minimum Gasteiger partial charge on any atom is -0.460 e. The average molecular weight is 569 g/mol. The third-order valence-corrected chi connectivity index (χ3v) is 4.91. The minimum atomic E-state index is -4.39. The van der Waals surface area contributed by atoms with E-state index in [0.29, 0.717) is 0 Å². The van der Waals surface area contributed by atoms with Gasteiger partial charge in [0.2, 0.25) is 0 Å². The van der Waals surface area contributed by atoms with Crippen LogP contribution in [0.1, 0.15) is 20.3 Å². The number of hydrogen-bond acceptors (Lipinski definition) is 11. The van der Waals surface area contributed by atoms with Crippen LogP contribution >= 0.6 is 7.60 Å². The molecule has 38 heavy (non-hydrogen) atoms. The zero-order chi connectivity index (χ0) is 29.0. The van der Waals surface area contributed by atoms with Gasteiger partial charge in [0, 0.05) is 24.2 Å². The number of carbonyl (C=O) groups excluding carboxylic acids is 4. The summed E-state index contributed by atoms with van der Waals surface area (Å²) >= 11 is 0. The molecule has 0 saturated carbocycles. The van der Waals surface area contributed by atoms with E-state index in [1.54, 1.807) is 0 Å². The summed E-state index contributed by atoms with van der Waals surface area (Å²) < 4.78 is 41.2. The highest BCUT2D eigenvalue weighted by Crippen LogP contribution is 2.35. The van der Waals surface area contributed by atoms with Gasteiger partial charge in [-0.3, -0.25) is 4.57 Å². The van der Waals surface area contributed by atoms with Crippen molar-refractivity contribution in [2.75, 3.05) is 65.5 Å². The molecule has 0 bridgehead atoms. The first-order valence-electron chi connectivity index (χ1n) is 11.5. The second kappa shape index (κ2) is 20.1. The Kier molecular flexibility index (Phi) is 18.5. The lowest BCUT2D eigenvalue weighted by atomic mass is 10.3. The largest absolute Gasteiger partial charge is 0.460 e. The van der Waals surface area contributed by atoms with Crippen LogP contribution in [-0.4, -0.2) is 106 Å². The van der Waals surface area contributed by atoms with Crippen LogP contribution in [0.5, 0.6) is 0 Å². The fraction of sp³-hybridized carbons (Fsp3) is 0.636. The van der Waals surface area contributed by atoms with Crippen molar-refractivity contribution >= 4 is 31.7 Å². The molecule has 0 aliphatic carbocycles. The normalized spacial score (nSPS) is 11.6. The molecule has 4 N–H and O–H groups in total. The number of alkyl carbamates (subject to hydrolysis) is 2. The molecule has 0 heterocycles. The van der Waals surface area contributed by atoms with Gasteiger partial charge in [0.15, 0.2) is 0 Å². The van der Waals surface area contributed by atoms with E-state index in [0.717, 1.165) is 0 Å². The van der Waals surface area contributed by atoms with E-state index in [4.69, 9.17) is 38.2 Å². The molecule has 0 aliphatic heterocycles. The highest BCUT2D eigenvalue weighted by molar-refractivity contribution is 7.51. The van der Waals surface area contributed by atoms with Crippen LogP contribution in [0.4, 0.5) is 9.59 Å². The van der Waals surface area contributed by atoms with Crippen LogP contribution in [0.3, 0.4) is 0 Å². The van der Waals surface area contributed by atoms with Gasteiger partial charge in [-0.1, -0.05) is 13.2 Å². The summed E-state index contributed by atoms with van der Waals surface area (Å²) in [5.74, 6) is -1.08. The maximum absolute atomic E-state index is 12.0. The predicted molar refractivity (Wildman–Crippen MR) is 132 cm³/mol. The van der Waals surface area contributed by atoms with Crippen LogP contribution < -0.4 is 10.6 Å². The lowest BCUT2D eigenvalue weighted by molar-refractivity contribution is -0.141. The van der Waals surface area contributed by atoms with Crippen molar-refractivity contribution < 1.29 is 62.0 Å². The molecule has 2 amide bonds. The maximum Gasteiger partial charge on any atom is 0.407 e. The van der Waals surface area contributed by atoms with Crippen LogP contribution in [0.2, 0.25) is 0 Å². The average Bonchev–Trinajstić information content (AvgIpc) is 2.83. The standard InChI is InChI=1S/C22H37N2O13P/c1-16(2)19(25)34-12-10-32-8-6-23-21(27)36-15-18(5-14-38(29,30)31)37-22(28)24-7-9-33-11-13-35-20(26)17(3)4/h18H,1,3,5-15H2,2,4H3,(H,23,27)(H,24,28)(H2,29,30,31). The van der Waals surface area contributed by atoms with Crippen molar-refractivity contribution in [1.82, 2.24) is 10.6 Å². The Balaban J connectivity index is 4.22. The van der Waals surface area contributed by atoms with Crippen LogP contribution in [0, 0.1) is 0 Å². The van der Waals surface area contributed by atoms with Crippen molar-refractivity contribution in [1.29, 1.82) is 0 Å². The summed E-state index contributed by atoms with van der Waals surface area (Å²) in [6.45, 7) is 9.95. The molecule has 0 aromatic rings. The number of amides is 2. The summed E-state index contributed by atoms with van der Waals surface area (Å²) in [4.78, 5) is 64.4. The molecule has 0 aromatic heterocycles. The minimum absolute atomic E-state index is 0.0109. The monoisotopic (exact) mass is 568 g/mol. The Morgan fingerprint density at radius 1 is 0.763 bits per heavy atom. The molecule has 0 aromatic carbocycles. The van der Waals surface area contributed by atoms with Crippen molar-refractivity contribution in [3.8, 4) is 0 Å². The first kappa shape index (κ1) is 35.0. The fourth-order valence-electron chi connectivity index (χ4n) is 2.19. The van der Waals surface area contributed by atoms with E-state index in [9.17, 15) is 23.7 Å². The molecule has 0 aliphatic rings. The van der Waals surface area contributed by atoms with E-state index in [2.05, 4.69) is 23.8 Å². The molecule has 16 heteroatoms. The van der Waals surface area contributed by atoms with Crippen molar-refractivity contribution in [3.63, 3.8) is 0 Å². The first-order valence-corrected chi connectivity index (χ1v) is 13.3. The number of hydrogen-bond donors (Lipinski definition) is 4. The summed E-state index contributed by atoms with van der Waals surface area (Å²) in [7, 11) is -4.39. The Morgan fingerprint density at radius 2 is 1.24 bits per heavy atom. The van der Waals surface area contributed by atoms with E-state index < -0.39 is 50.6 Å². The molecular formula is C22H37N2O13P. The molecule has 1 atom stereocenters. The van der Waals surface area contributed by atoms with Gasteiger partial charge in [0.25, 0.3) is 0 Å². The third-order valence-electron chi connectivity index (χ3n) is 4.07. The van der Waals surface area contributed by atoms with Gasteiger partial charge in [-0.25, -0.2) is 19.2 Å². The molecular weight excluding hydrogens is 531 g/mol. The smallest absolute Gasteiger partial charge is 0.407 e. The van der Waals surface area contributed by atoms with Gasteiger partial charge in [0.05, 0.1) is 32.6 Å². The SMILES string of the molecule is C=C(C)C(=O)OCCOCCNC(=O)OCC(CCP(=O)(O)O)OC(=O)NCCOCCOC(=O)C(=C)C. The highest BCUT2D eigenvalue weighted by atomic mass is 31.2. The van der Waals surface area contributed by atoms with Crippen LogP contribution in [0.25, 0.3) is 0 Å². The van der Waals surface area contributed by atoms with Gasteiger partial charge in [-0.2, -0.15) is 0 Å². The Bertz CT molecular complexity index is 843. The molecule has 15 nitrogen and oxygen atoms in total. The number of esters is 2. The molecule has 0 saturated heterocycles. The molecule has 0 spiro atoms. The highest BCUT2D eigenvalue weighted by Gasteiger charge is 2.22. The molecule has 0 fully saturated rings. The van der Waals surface area contributed by atoms with Gasteiger partial charge >= 0.3 is 31.7 Å². The second-order valence-corrected chi connectivity index (χ2v) is 9.49. The van der Waals surface area contributed by atoms with Gasteiger partial charge in [0.1, 0.15) is 25.9 Å². The lowest BCUT2D eigenvalue weighted by Gasteiger charge is -2.19. The van der Waals surface area contributed by atoms with E-state index in [-0.39, 0.29) is 70.3 Å². The van der Waals surface area contributed by atoms with Crippen molar-refractivity contribution in [3.05, 3.63) is 24.3 Å². The Morgan fingerprint density at radius 3 is 1.68 bits per heavy atom. The predicted octanol–water partition coefficient (Wildman–Crippen LogP) is 0.647. The van der Waals surface area contributed by atoms with Crippen molar-refractivity contribution in [2.24, 2.45) is 0 Å². The number of rotatable bonds is 20. The first-order chi connectivity index (χ1) is 17.8. The molecule has 1 unspecified atom stereocenters. The fourth-order valence-corrected chi connectivity index (χ4v) is 2.81. The molecule has 0 radical (unpaired) electrons. The Labute approximate surface area is 221 Å². The van der Waals surface area contributed by atoms with E-state index in [1.807, 2.05) is 0 Å². The zero-order valence-corrected chi connectivity index (χ0v) is 22.5. The Hall–Kier alpha value is -2.97. The molecule has 218 valence electrons.